The molecule has 1 aliphatic rings. The fraction of sp³-hybridized carbons (Fsp3) is 0.200. The molecule has 3 amide bonds. The molecule has 144 valence electrons. The van der Waals surface area contributed by atoms with Crippen molar-refractivity contribution in [2.45, 2.75) is 19.9 Å². The number of ether oxygens (including phenoxy) is 1. The number of imide groups is 1. The van der Waals surface area contributed by atoms with Gasteiger partial charge in [0.25, 0.3) is 17.7 Å². The van der Waals surface area contributed by atoms with Crippen LogP contribution < -0.4 is 5.32 Å². The van der Waals surface area contributed by atoms with E-state index in [-0.39, 0.29) is 11.1 Å². The number of esters is 1. The predicted octanol–water partition coefficient (Wildman–Crippen LogP) is 2.81. The topological polar surface area (TPSA) is 92.8 Å². The number of rotatable bonds is 5. The first kappa shape index (κ1) is 19.6. The number of benzene rings is 2. The van der Waals surface area contributed by atoms with Crippen molar-refractivity contribution in [1.29, 1.82) is 0 Å². The fourth-order valence-corrected chi connectivity index (χ4v) is 3.10. The zero-order valence-electron chi connectivity index (χ0n) is 15.2. The lowest BCUT2D eigenvalue weighted by molar-refractivity contribution is -0.150. The number of hydrogen-bond acceptors (Lipinski definition) is 5. The molecule has 1 aliphatic heterocycles. The highest BCUT2D eigenvalue weighted by Gasteiger charge is 2.41. The van der Waals surface area contributed by atoms with Crippen LogP contribution in [0.15, 0.2) is 42.5 Å². The molecule has 0 saturated carbocycles. The molecule has 0 fully saturated rings. The summed E-state index contributed by atoms with van der Waals surface area (Å²) in [7, 11) is 0. The second-order valence-electron chi connectivity index (χ2n) is 6.32. The molecule has 1 atom stereocenters. The van der Waals surface area contributed by atoms with E-state index in [2.05, 4.69) is 5.32 Å². The van der Waals surface area contributed by atoms with Crippen LogP contribution in [0.25, 0.3) is 0 Å². The summed E-state index contributed by atoms with van der Waals surface area (Å²) in [6, 6.07) is 10.1. The van der Waals surface area contributed by atoms with Gasteiger partial charge in [0.15, 0.2) is 6.61 Å². The number of aryl methyl sites for hydroxylation is 1. The third-order valence-corrected chi connectivity index (χ3v) is 4.60. The van der Waals surface area contributed by atoms with Gasteiger partial charge < -0.3 is 10.1 Å². The molecule has 0 bridgehead atoms. The molecule has 2 aromatic rings. The molecule has 0 aromatic heterocycles. The maximum absolute atomic E-state index is 12.4. The van der Waals surface area contributed by atoms with Crippen LogP contribution >= 0.6 is 11.6 Å². The summed E-state index contributed by atoms with van der Waals surface area (Å²) in [5.74, 6) is -2.52. The van der Waals surface area contributed by atoms with Crippen LogP contribution in [0.4, 0.5) is 5.69 Å². The second-order valence-corrected chi connectivity index (χ2v) is 6.75. The van der Waals surface area contributed by atoms with Gasteiger partial charge in [0.2, 0.25) is 0 Å². The molecule has 3 rings (SSSR count). The summed E-state index contributed by atoms with van der Waals surface area (Å²) < 4.78 is 4.99. The van der Waals surface area contributed by atoms with Crippen molar-refractivity contribution in [3.05, 3.63) is 64.2 Å². The number of nitrogens with one attached hydrogen (secondary N) is 1. The van der Waals surface area contributed by atoms with Gasteiger partial charge in [0.1, 0.15) is 6.04 Å². The first-order valence-electron chi connectivity index (χ1n) is 8.49. The van der Waals surface area contributed by atoms with Gasteiger partial charge in [-0.25, -0.2) is 4.79 Å². The Kier molecular flexibility index (Phi) is 5.46. The molecule has 0 unspecified atom stereocenters. The molecule has 2 aromatic carbocycles. The molecule has 1 N–H and O–H groups in total. The van der Waals surface area contributed by atoms with E-state index < -0.39 is 36.3 Å². The van der Waals surface area contributed by atoms with Crippen molar-refractivity contribution in [1.82, 2.24) is 4.90 Å². The van der Waals surface area contributed by atoms with Crippen molar-refractivity contribution in [2.24, 2.45) is 0 Å². The smallest absolute Gasteiger partial charge is 0.329 e. The van der Waals surface area contributed by atoms with E-state index in [1.54, 1.807) is 37.3 Å². The maximum atomic E-state index is 12.4. The summed E-state index contributed by atoms with van der Waals surface area (Å²) in [6.45, 7) is 2.61. The minimum Gasteiger partial charge on any atom is -0.454 e. The molecule has 28 heavy (non-hydrogen) atoms. The van der Waals surface area contributed by atoms with Crippen molar-refractivity contribution in [2.75, 3.05) is 11.9 Å². The average molecular weight is 401 g/mol. The summed E-state index contributed by atoms with van der Waals surface area (Å²) in [5.41, 5.74) is 1.77. The summed E-state index contributed by atoms with van der Waals surface area (Å²) in [6.07, 6.45) is 0. The Morgan fingerprint density at radius 1 is 1.11 bits per heavy atom. The SMILES string of the molecule is Cc1cc(Cl)ccc1NC(=O)COC(=O)[C@@H](C)N1C(=O)c2ccccc2C1=O. The Balaban J connectivity index is 1.60. The van der Waals surface area contributed by atoms with Crippen molar-refractivity contribution >= 4 is 41.0 Å². The molecule has 0 spiro atoms. The Bertz CT molecular complexity index is 953. The van der Waals surface area contributed by atoms with Crippen molar-refractivity contribution in [3.8, 4) is 0 Å². The third kappa shape index (κ3) is 3.75. The molecule has 1 heterocycles. The van der Waals surface area contributed by atoms with E-state index in [9.17, 15) is 19.2 Å². The van der Waals surface area contributed by atoms with E-state index in [1.807, 2.05) is 0 Å². The zero-order valence-corrected chi connectivity index (χ0v) is 15.9. The van der Waals surface area contributed by atoms with E-state index in [4.69, 9.17) is 16.3 Å². The quantitative estimate of drug-likeness (QED) is 0.615. The number of carbonyl (C=O) groups excluding carboxylic acids is 4. The van der Waals surface area contributed by atoms with Gasteiger partial charge >= 0.3 is 5.97 Å². The third-order valence-electron chi connectivity index (χ3n) is 4.36. The maximum Gasteiger partial charge on any atom is 0.329 e. The zero-order chi connectivity index (χ0) is 20.4. The standard InChI is InChI=1S/C20H17ClN2O5/c1-11-9-13(21)7-8-16(11)22-17(24)10-28-20(27)12(2)23-18(25)14-5-3-4-6-15(14)19(23)26/h3-9,12H,10H2,1-2H3,(H,22,24)/t12-/m1/s1. The van der Waals surface area contributed by atoms with Crippen LogP contribution in [-0.4, -0.2) is 41.2 Å². The molecular weight excluding hydrogens is 384 g/mol. The first-order chi connectivity index (χ1) is 13.3. The lowest BCUT2D eigenvalue weighted by atomic mass is 10.1. The van der Waals surface area contributed by atoms with Crippen LogP contribution in [0.5, 0.6) is 0 Å². The highest BCUT2D eigenvalue weighted by Crippen LogP contribution is 2.25. The van der Waals surface area contributed by atoms with Crippen LogP contribution in [0, 0.1) is 6.92 Å². The number of carbonyl (C=O) groups is 4. The van der Waals surface area contributed by atoms with Gasteiger partial charge in [-0.15, -0.1) is 0 Å². The van der Waals surface area contributed by atoms with Crippen LogP contribution in [0.2, 0.25) is 5.02 Å². The van der Waals surface area contributed by atoms with Gasteiger partial charge in [-0.2, -0.15) is 0 Å². The van der Waals surface area contributed by atoms with Crippen molar-refractivity contribution in [3.63, 3.8) is 0 Å². The molecule has 7 nitrogen and oxygen atoms in total. The minimum absolute atomic E-state index is 0.239. The first-order valence-corrected chi connectivity index (χ1v) is 8.87. The number of amides is 3. The van der Waals surface area contributed by atoms with Gasteiger partial charge in [-0.05, 0) is 49.7 Å². The Morgan fingerprint density at radius 3 is 2.29 bits per heavy atom. The van der Waals surface area contributed by atoms with E-state index in [0.717, 1.165) is 10.5 Å². The molecular formula is C20H17ClN2O5. The Labute approximate surface area is 166 Å². The summed E-state index contributed by atoms with van der Waals surface area (Å²) >= 11 is 5.87. The molecule has 0 radical (unpaired) electrons. The van der Waals surface area contributed by atoms with Gasteiger partial charge in [0.05, 0.1) is 11.1 Å². The minimum atomic E-state index is -1.16. The number of fused-ring (bicyclic) bond motifs is 1. The van der Waals surface area contributed by atoms with Gasteiger partial charge in [0, 0.05) is 10.7 Å². The van der Waals surface area contributed by atoms with E-state index in [0.29, 0.717) is 10.7 Å². The highest BCUT2D eigenvalue weighted by atomic mass is 35.5. The lowest BCUT2D eigenvalue weighted by Gasteiger charge is -2.20. The Morgan fingerprint density at radius 2 is 1.71 bits per heavy atom. The predicted molar refractivity (Wildman–Crippen MR) is 102 cm³/mol. The largest absolute Gasteiger partial charge is 0.454 e. The monoisotopic (exact) mass is 400 g/mol. The molecule has 0 saturated heterocycles. The van der Waals surface area contributed by atoms with Gasteiger partial charge in [-0.1, -0.05) is 23.7 Å². The van der Waals surface area contributed by atoms with E-state index in [1.165, 1.54) is 19.1 Å². The number of halogens is 1. The lowest BCUT2D eigenvalue weighted by Crippen LogP contribution is -2.44. The van der Waals surface area contributed by atoms with Crippen LogP contribution in [0.3, 0.4) is 0 Å². The number of nitrogens with zero attached hydrogens (tertiary/aromatic N) is 1. The van der Waals surface area contributed by atoms with Crippen molar-refractivity contribution < 1.29 is 23.9 Å². The second kappa shape index (κ2) is 7.82. The molecule has 8 heteroatoms. The van der Waals surface area contributed by atoms with Crippen LogP contribution in [-0.2, 0) is 14.3 Å². The van der Waals surface area contributed by atoms with E-state index >= 15 is 0 Å². The number of anilines is 1. The Hall–Kier alpha value is -3.19. The highest BCUT2D eigenvalue weighted by molar-refractivity contribution is 6.30. The fourth-order valence-electron chi connectivity index (χ4n) is 2.88. The van der Waals surface area contributed by atoms with Gasteiger partial charge in [-0.3, -0.25) is 19.3 Å². The normalized spacial score (nSPS) is 13.9. The average Bonchev–Trinajstić information content (AvgIpc) is 2.92. The summed E-state index contributed by atoms with van der Waals surface area (Å²) in [5, 5.41) is 3.15. The summed E-state index contributed by atoms with van der Waals surface area (Å²) in [4.78, 5) is 50.0. The van der Waals surface area contributed by atoms with Crippen LogP contribution in [0.1, 0.15) is 33.2 Å². The molecule has 0 aliphatic carbocycles. The number of hydrogen-bond donors (Lipinski definition) is 1.